The summed E-state index contributed by atoms with van der Waals surface area (Å²) in [7, 11) is 0. The van der Waals surface area contributed by atoms with E-state index in [-0.39, 0.29) is 11.3 Å². The minimum Gasteiger partial charge on any atom is -0.322 e. The molecule has 0 heterocycles. The van der Waals surface area contributed by atoms with Gasteiger partial charge in [0.25, 0.3) is 5.91 Å². The van der Waals surface area contributed by atoms with Crippen molar-refractivity contribution >= 4 is 17.4 Å². The highest BCUT2D eigenvalue weighted by Crippen LogP contribution is 2.18. The van der Waals surface area contributed by atoms with Crippen LogP contribution in [0.5, 0.6) is 0 Å². The first kappa shape index (κ1) is 17.5. The molecule has 0 radical (unpaired) electrons. The molecule has 3 aromatic carbocycles. The number of aryl methyl sites for hydroxylation is 2. The fraction of sp³-hybridized carbons (Fsp3) is 0.0909. The second-order valence-corrected chi connectivity index (χ2v) is 6.17. The number of nitrogens with one attached hydrogen (secondary N) is 1. The van der Waals surface area contributed by atoms with Crippen molar-refractivity contribution in [3.05, 3.63) is 100 Å². The van der Waals surface area contributed by atoms with Gasteiger partial charge in [-0.15, -0.1) is 0 Å². The van der Waals surface area contributed by atoms with E-state index in [1.54, 1.807) is 30.3 Å². The highest BCUT2D eigenvalue weighted by molar-refractivity contribution is 6.10. The van der Waals surface area contributed by atoms with Crippen LogP contribution in [0.4, 0.5) is 10.1 Å². The van der Waals surface area contributed by atoms with E-state index in [0.29, 0.717) is 16.8 Å². The first-order valence-corrected chi connectivity index (χ1v) is 8.23. The SMILES string of the molecule is Cc1ccc(C(=O)c2cccc(NC(=O)c3cccc(F)c3)c2)cc1C. The predicted octanol–water partition coefficient (Wildman–Crippen LogP) is 4.93. The second kappa shape index (κ2) is 7.31. The lowest BCUT2D eigenvalue weighted by Crippen LogP contribution is -2.12. The summed E-state index contributed by atoms with van der Waals surface area (Å²) in [6.07, 6.45) is 0. The van der Waals surface area contributed by atoms with Gasteiger partial charge in [0.15, 0.2) is 5.78 Å². The molecule has 3 rings (SSSR count). The van der Waals surface area contributed by atoms with E-state index >= 15 is 0 Å². The van der Waals surface area contributed by atoms with E-state index in [1.807, 2.05) is 26.0 Å². The predicted molar refractivity (Wildman–Crippen MR) is 100 cm³/mol. The summed E-state index contributed by atoms with van der Waals surface area (Å²) in [5, 5.41) is 2.69. The first-order valence-electron chi connectivity index (χ1n) is 8.23. The Morgan fingerprint density at radius 1 is 0.769 bits per heavy atom. The van der Waals surface area contributed by atoms with Crippen LogP contribution in [-0.4, -0.2) is 11.7 Å². The number of amides is 1. The number of benzene rings is 3. The maximum Gasteiger partial charge on any atom is 0.255 e. The average molecular weight is 347 g/mol. The molecular formula is C22H18FNO2. The molecule has 0 aliphatic carbocycles. The summed E-state index contributed by atoms with van der Waals surface area (Å²) >= 11 is 0. The topological polar surface area (TPSA) is 46.2 Å². The molecule has 1 amide bonds. The van der Waals surface area contributed by atoms with E-state index < -0.39 is 11.7 Å². The molecule has 0 aromatic heterocycles. The van der Waals surface area contributed by atoms with Gasteiger partial charge in [0.1, 0.15) is 5.82 Å². The summed E-state index contributed by atoms with van der Waals surface area (Å²) in [6, 6.07) is 17.7. The molecule has 130 valence electrons. The fourth-order valence-corrected chi connectivity index (χ4v) is 2.62. The molecule has 0 fully saturated rings. The molecule has 26 heavy (non-hydrogen) atoms. The minimum atomic E-state index is -0.476. The smallest absolute Gasteiger partial charge is 0.255 e. The Labute approximate surface area is 151 Å². The fourth-order valence-electron chi connectivity index (χ4n) is 2.62. The summed E-state index contributed by atoms with van der Waals surface area (Å²) in [5.74, 6) is -1.02. The Morgan fingerprint density at radius 3 is 2.19 bits per heavy atom. The van der Waals surface area contributed by atoms with E-state index in [9.17, 15) is 14.0 Å². The third-order valence-corrected chi connectivity index (χ3v) is 4.24. The quantitative estimate of drug-likeness (QED) is 0.681. The molecule has 0 saturated heterocycles. The Hall–Kier alpha value is -3.27. The van der Waals surface area contributed by atoms with Gasteiger partial charge in [-0.25, -0.2) is 4.39 Å². The van der Waals surface area contributed by atoms with Crippen molar-refractivity contribution in [3.63, 3.8) is 0 Å². The second-order valence-electron chi connectivity index (χ2n) is 6.17. The van der Waals surface area contributed by atoms with Gasteiger partial charge in [0.05, 0.1) is 0 Å². The standard InChI is InChI=1S/C22H18FNO2/c1-14-9-10-17(11-15(14)2)21(25)16-5-4-8-20(13-16)24-22(26)18-6-3-7-19(23)12-18/h3-13H,1-2H3,(H,24,26). The highest BCUT2D eigenvalue weighted by atomic mass is 19.1. The van der Waals surface area contributed by atoms with Crippen molar-refractivity contribution in [2.75, 3.05) is 5.32 Å². The zero-order valence-electron chi connectivity index (χ0n) is 14.5. The average Bonchev–Trinajstić information content (AvgIpc) is 2.63. The lowest BCUT2D eigenvalue weighted by Gasteiger charge is -2.08. The number of anilines is 1. The maximum absolute atomic E-state index is 13.3. The van der Waals surface area contributed by atoms with Crippen LogP contribution in [0, 0.1) is 19.7 Å². The zero-order chi connectivity index (χ0) is 18.7. The molecule has 0 aliphatic rings. The van der Waals surface area contributed by atoms with Crippen LogP contribution in [0.2, 0.25) is 0 Å². The Bertz CT molecular complexity index is 995. The number of carbonyl (C=O) groups excluding carboxylic acids is 2. The molecule has 0 aliphatic heterocycles. The molecule has 0 saturated carbocycles. The Balaban J connectivity index is 1.82. The van der Waals surface area contributed by atoms with Crippen molar-refractivity contribution in [2.24, 2.45) is 0 Å². The van der Waals surface area contributed by atoms with Gasteiger partial charge in [-0.3, -0.25) is 9.59 Å². The summed E-state index contributed by atoms with van der Waals surface area (Å²) in [4.78, 5) is 24.9. The summed E-state index contributed by atoms with van der Waals surface area (Å²) < 4.78 is 13.3. The largest absolute Gasteiger partial charge is 0.322 e. The molecule has 3 nitrogen and oxygen atoms in total. The van der Waals surface area contributed by atoms with Crippen LogP contribution in [0.15, 0.2) is 66.7 Å². The van der Waals surface area contributed by atoms with Crippen LogP contribution in [0.1, 0.15) is 37.4 Å². The van der Waals surface area contributed by atoms with Crippen molar-refractivity contribution in [3.8, 4) is 0 Å². The summed E-state index contributed by atoms with van der Waals surface area (Å²) in [5.41, 5.74) is 3.95. The van der Waals surface area contributed by atoms with E-state index in [2.05, 4.69) is 5.32 Å². The van der Waals surface area contributed by atoms with Crippen molar-refractivity contribution in [1.82, 2.24) is 0 Å². The molecule has 4 heteroatoms. The van der Waals surface area contributed by atoms with Crippen molar-refractivity contribution in [2.45, 2.75) is 13.8 Å². The maximum atomic E-state index is 13.3. The zero-order valence-corrected chi connectivity index (χ0v) is 14.5. The molecule has 3 aromatic rings. The van der Waals surface area contributed by atoms with E-state index in [1.165, 1.54) is 24.3 Å². The van der Waals surface area contributed by atoms with E-state index in [0.717, 1.165) is 11.1 Å². The van der Waals surface area contributed by atoms with Gasteiger partial charge in [-0.2, -0.15) is 0 Å². The van der Waals surface area contributed by atoms with E-state index in [4.69, 9.17) is 0 Å². The first-order chi connectivity index (χ1) is 12.4. The van der Waals surface area contributed by atoms with Crippen LogP contribution >= 0.6 is 0 Å². The number of halogens is 1. The molecule has 0 unspecified atom stereocenters. The number of carbonyl (C=O) groups is 2. The van der Waals surface area contributed by atoms with Gasteiger partial charge < -0.3 is 5.32 Å². The number of ketones is 1. The van der Waals surface area contributed by atoms with Gasteiger partial charge in [0.2, 0.25) is 0 Å². The third kappa shape index (κ3) is 3.86. The molecule has 0 bridgehead atoms. The lowest BCUT2D eigenvalue weighted by atomic mass is 9.99. The Kier molecular flexibility index (Phi) is 4.94. The normalized spacial score (nSPS) is 10.4. The minimum absolute atomic E-state index is 0.116. The number of hydrogen-bond acceptors (Lipinski definition) is 2. The number of rotatable bonds is 4. The van der Waals surface area contributed by atoms with Crippen LogP contribution in [0.25, 0.3) is 0 Å². The van der Waals surface area contributed by atoms with Crippen LogP contribution in [-0.2, 0) is 0 Å². The van der Waals surface area contributed by atoms with Crippen molar-refractivity contribution < 1.29 is 14.0 Å². The molecule has 0 spiro atoms. The van der Waals surface area contributed by atoms with Crippen molar-refractivity contribution in [1.29, 1.82) is 0 Å². The lowest BCUT2D eigenvalue weighted by molar-refractivity contribution is 0.102. The van der Waals surface area contributed by atoms with Crippen LogP contribution < -0.4 is 5.32 Å². The van der Waals surface area contributed by atoms with Gasteiger partial charge >= 0.3 is 0 Å². The van der Waals surface area contributed by atoms with Gasteiger partial charge in [0, 0.05) is 22.4 Å². The van der Waals surface area contributed by atoms with Gasteiger partial charge in [-0.1, -0.05) is 30.3 Å². The highest BCUT2D eigenvalue weighted by Gasteiger charge is 2.12. The van der Waals surface area contributed by atoms with Crippen LogP contribution in [0.3, 0.4) is 0 Å². The number of hydrogen-bond donors (Lipinski definition) is 1. The monoisotopic (exact) mass is 347 g/mol. The molecule has 0 atom stereocenters. The third-order valence-electron chi connectivity index (χ3n) is 4.24. The van der Waals surface area contributed by atoms with Gasteiger partial charge in [-0.05, 0) is 61.4 Å². The summed E-state index contributed by atoms with van der Waals surface area (Å²) in [6.45, 7) is 3.95. The Morgan fingerprint density at radius 2 is 1.46 bits per heavy atom. The molecular weight excluding hydrogens is 329 g/mol. The molecule has 1 N–H and O–H groups in total.